The van der Waals surface area contributed by atoms with Crippen LogP contribution in [0.25, 0.3) is 21.7 Å². The molecule has 0 spiro atoms. The van der Waals surface area contributed by atoms with E-state index in [1.807, 2.05) is 36.4 Å². The van der Waals surface area contributed by atoms with Crippen LogP contribution in [-0.2, 0) is 4.79 Å². The van der Waals surface area contributed by atoms with Gasteiger partial charge in [0.1, 0.15) is 6.33 Å². The second-order valence-corrected chi connectivity index (χ2v) is 6.82. The zero-order chi connectivity index (χ0) is 17.9. The smallest absolute Gasteiger partial charge is 0.272 e. The Morgan fingerprint density at radius 2 is 1.77 bits per heavy atom. The highest BCUT2D eigenvalue weighted by Gasteiger charge is 2.08. The van der Waals surface area contributed by atoms with E-state index in [4.69, 9.17) is 0 Å². The summed E-state index contributed by atoms with van der Waals surface area (Å²) in [6.07, 6.45) is 1.34. The average molecular weight is 361 g/mol. The highest BCUT2D eigenvalue weighted by atomic mass is 32.2. The highest BCUT2D eigenvalue weighted by Crippen LogP contribution is 2.23. The second-order valence-electron chi connectivity index (χ2n) is 5.77. The van der Waals surface area contributed by atoms with Gasteiger partial charge in [-0.05, 0) is 35.0 Å². The highest BCUT2D eigenvalue weighted by molar-refractivity contribution is 8.00. The lowest BCUT2D eigenvalue weighted by Gasteiger charge is -2.08. The minimum Gasteiger partial charge on any atom is -0.272 e. The number of carbonyl (C=O) groups is 1. The van der Waals surface area contributed by atoms with Crippen LogP contribution in [0.4, 0.5) is 0 Å². The molecule has 26 heavy (non-hydrogen) atoms. The van der Waals surface area contributed by atoms with Gasteiger partial charge in [-0.15, -0.1) is 11.8 Å². The van der Waals surface area contributed by atoms with Crippen LogP contribution >= 0.6 is 11.8 Å². The van der Waals surface area contributed by atoms with Crippen LogP contribution in [0, 0.1) is 0 Å². The molecular weight excluding hydrogens is 346 g/mol. The van der Waals surface area contributed by atoms with Crippen molar-refractivity contribution in [3.8, 4) is 0 Å². The Bertz CT molecular complexity index is 1170. The molecule has 4 aromatic rings. The largest absolute Gasteiger partial charge is 0.280 e. The number of hydrogen-bond acceptors (Lipinski definition) is 4. The van der Waals surface area contributed by atoms with E-state index in [9.17, 15) is 9.59 Å². The summed E-state index contributed by atoms with van der Waals surface area (Å²) < 4.78 is 1.13. The predicted octanol–water partition coefficient (Wildman–Crippen LogP) is 3.41. The number of fused-ring (bicyclic) bond motifs is 2. The zero-order valence-corrected chi connectivity index (χ0v) is 14.6. The van der Waals surface area contributed by atoms with Crippen LogP contribution in [0.2, 0.25) is 0 Å². The molecule has 4 rings (SSSR count). The maximum atomic E-state index is 12.4. The van der Waals surface area contributed by atoms with Crippen molar-refractivity contribution in [2.24, 2.45) is 0 Å². The van der Waals surface area contributed by atoms with Gasteiger partial charge < -0.3 is 0 Å². The molecule has 0 atom stereocenters. The average Bonchev–Trinajstić information content (AvgIpc) is 2.68. The monoisotopic (exact) mass is 361 g/mol. The lowest BCUT2D eigenvalue weighted by atomic mass is 10.1. The van der Waals surface area contributed by atoms with Crippen molar-refractivity contribution < 1.29 is 4.79 Å². The van der Waals surface area contributed by atoms with Crippen molar-refractivity contribution in [1.82, 2.24) is 9.66 Å². The van der Waals surface area contributed by atoms with E-state index in [2.05, 4.69) is 22.5 Å². The Hall–Kier alpha value is -3.12. The molecule has 0 fully saturated rings. The third-order valence-electron chi connectivity index (χ3n) is 4.00. The van der Waals surface area contributed by atoms with Gasteiger partial charge in [0.05, 0.1) is 16.7 Å². The number of para-hydroxylation sites is 1. The maximum Gasteiger partial charge on any atom is 0.280 e. The van der Waals surface area contributed by atoms with Gasteiger partial charge >= 0.3 is 0 Å². The van der Waals surface area contributed by atoms with E-state index < -0.39 is 0 Å². The Balaban J connectivity index is 1.47. The van der Waals surface area contributed by atoms with Gasteiger partial charge in [-0.3, -0.25) is 15.0 Å². The molecule has 1 amide bonds. The number of hydrogen-bond donors (Lipinski definition) is 1. The molecular formula is C20H15N3O2S. The van der Waals surface area contributed by atoms with Gasteiger partial charge in [0.2, 0.25) is 5.91 Å². The Morgan fingerprint density at radius 1 is 1.00 bits per heavy atom. The fourth-order valence-corrected chi connectivity index (χ4v) is 3.46. The lowest BCUT2D eigenvalue weighted by Crippen LogP contribution is -2.34. The van der Waals surface area contributed by atoms with Gasteiger partial charge in [-0.25, -0.2) is 9.66 Å². The van der Waals surface area contributed by atoms with E-state index in [-0.39, 0.29) is 17.2 Å². The van der Waals surface area contributed by atoms with Crippen LogP contribution in [0.5, 0.6) is 0 Å². The molecule has 0 aliphatic rings. The molecule has 1 aromatic heterocycles. The van der Waals surface area contributed by atoms with E-state index in [1.54, 1.807) is 18.2 Å². The number of nitrogens with one attached hydrogen (secondary N) is 1. The number of amides is 1. The Morgan fingerprint density at radius 3 is 2.65 bits per heavy atom. The molecule has 128 valence electrons. The van der Waals surface area contributed by atoms with Crippen molar-refractivity contribution in [3.63, 3.8) is 0 Å². The minimum atomic E-state index is -0.292. The van der Waals surface area contributed by atoms with Gasteiger partial charge in [0.15, 0.2) is 0 Å². The van der Waals surface area contributed by atoms with Gasteiger partial charge in [-0.2, -0.15) is 0 Å². The van der Waals surface area contributed by atoms with E-state index >= 15 is 0 Å². The van der Waals surface area contributed by atoms with Crippen molar-refractivity contribution in [1.29, 1.82) is 0 Å². The van der Waals surface area contributed by atoms with Crippen LogP contribution in [0.1, 0.15) is 0 Å². The molecule has 0 unspecified atom stereocenters. The van der Waals surface area contributed by atoms with E-state index in [0.29, 0.717) is 10.9 Å². The summed E-state index contributed by atoms with van der Waals surface area (Å²) in [5, 5.41) is 2.76. The summed E-state index contributed by atoms with van der Waals surface area (Å²) >= 11 is 1.42. The molecule has 1 N–H and O–H groups in total. The molecule has 0 aliphatic heterocycles. The van der Waals surface area contributed by atoms with Gasteiger partial charge in [0, 0.05) is 4.90 Å². The number of carbonyl (C=O) groups excluding carboxylic acids is 1. The number of thioether (sulfide) groups is 1. The quantitative estimate of drug-likeness (QED) is 0.566. The maximum absolute atomic E-state index is 12.4. The van der Waals surface area contributed by atoms with Crippen LogP contribution in [0.3, 0.4) is 0 Å². The second kappa shape index (κ2) is 7.01. The lowest BCUT2D eigenvalue weighted by molar-refractivity contribution is -0.114. The van der Waals surface area contributed by atoms with Crippen LogP contribution in [0.15, 0.2) is 82.7 Å². The first-order valence-corrected chi connectivity index (χ1v) is 9.07. The van der Waals surface area contributed by atoms with E-state index in [0.717, 1.165) is 20.3 Å². The van der Waals surface area contributed by atoms with Gasteiger partial charge in [-0.1, -0.05) is 42.5 Å². The number of aromatic nitrogens is 2. The number of rotatable bonds is 4. The molecule has 3 aromatic carbocycles. The number of nitrogens with zero attached hydrogens (tertiary/aromatic N) is 2. The van der Waals surface area contributed by atoms with Crippen LogP contribution in [-0.4, -0.2) is 21.3 Å². The minimum absolute atomic E-state index is 0.206. The SMILES string of the molecule is O=C(CSc1ccc2ccccc2c1)Nn1cnc2ccccc2c1=O. The molecule has 6 heteroatoms. The summed E-state index contributed by atoms with van der Waals surface area (Å²) in [5.74, 6) is -0.0558. The summed E-state index contributed by atoms with van der Waals surface area (Å²) in [6, 6.07) is 21.2. The first-order valence-electron chi connectivity index (χ1n) is 8.08. The standard InChI is InChI=1S/C20H15N3O2S/c24-19(12-26-16-10-9-14-5-1-2-6-15(14)11-16)22-23-13-21-18-8-4-3-7-17(18)20(23)25/h1-11,13H,12H2,(H,22,24). The number of benzene rings is 3. The summed E-state index contributed by atoms with van der Waals surface area (Å²) in [5.41, 5.74) is 2.90. The summed E-state index contributed by atoms with van der Waals surface area (Å²) in [6.45, 7) is 0. The molecule has 0 saturated carbocycles. The molecule has 0 bridgehead atoms. The van der Waals surface area contributed by atoms with Gasteiger partial charge in [0.25, 0.3) is 5.56 Å². The third kappa shape index (κ3) is 3.32. The van der Waals surface area contributed by atoms with Crippen molar-refractivity contribution in [3.05, 3.63) is 83.4 Å². The summed E-state index contributed by atoms with van der Waals surface area (Å²) in [7, 11) is 0. The third-order valence-corrected chi connectivity index (χ3v) is 5.00. The fraction of sp³-hybridized carbons (Fsp3) is 0.0500. The molecule has 0 saturated heterocycles. The van der Waals surface area contributed by atoms with E-state index in [1.165, 1.54) is 18.1 Å². The zero-order valence-electron chi connectivity index (χ0n) is 13.8. The van der Waals surface area contributed by atoms with Crippen LogP contribution < -0.4 is 11.0 Å². The molecule has 5 nitrogen and oxygen atoms in total. The van der Waals surface area contributed by atoms with Crippen molar-refractivity contribution >= 4 is 39.3 Å². The van der Waals surface area contributed by atoms with Crippen molar-refractivity contribution in [2.75, 3.05) is 11.2 Å². The normalized spacial score (nSPS) is 10.9. The summed E-state index contributed by atoms with van der Waals surface area (Å²) in [4.78, 5) is 29.8. The first-order chi connectivity index (χ1) is 12.7. The molecule has 1 heterocycles. The predicted molar refractivity (Wildman–Crippen MR) is 105 cm³/mol. The van der Waals surface area contributed by atoms with Crippen molar-refractivity contribution in [2.45, 2.75) is 4.90 Å². The first kappa shape index (κ1) is 16.4. The molecule has 0 aliphatic carbocycles. The topological polar surface area (TPSA) is 64.0 Å². The Kier molecular flexibility index (Phi) is 4.41. The molecule has 0 radical (unpaired) electrons. The fourth-order valence-electron chi connectivity index (χ4n) is 2.72. The Labute approximate surface area is 153 Å².